The first-order valence-corrected chi connectivity index (χ1v) is 8.84. The van der Waals surface area contributed by atoms with Gasteiger partial charge in [-0.3, -0.25) is 4.79 Å². The van der Waals surface area contributed by atoms with Crippen LogP contribution in [0.2, 0.25) is 0 Å². The number of aliphatic hydroxyl groups excluding tert-OH is 2. The van der Waals surface area contributed by atoms with Gasteiger partial charge in [0.05, 0.1) is 0 Å². The van der Waals surface area contributed by atoms with Gasteiger partial charge in [-0.2, -0.15) is 0 Å². The van der Waals surface area contributed by atoms with Gasteiger partial charge in [0.1, 0.15) is 6.10 Å². The van der Waals surface area contributed by atoms with Crippen LogP contribution in [-0.4, -0.2) is 34.7 Å². The first kappa shape index (κ1) is 19.9. The highest BCUT2D eigenvalue weighted by Crippen LogP contribution is 2.46. The van der Waals surface area contributed by atoms with Crippen molar-refractivity contribution in [3.05, 3.63) is 59.9 Å². The van der Waals surface area contributed by atoms with E-state index in [4.69, 9.17) is 9.84 Å². The highest BCUT2D eigenvalue weighted by molar-refractivity contribution is 6.04. The van der Waals surface area contributed by atoms with Crippen molar-refractivity contribution in [1.29, 1.82) is 0 Å². The van der Waals surface area contributed by atoms with Crippen molar-refractivity contribution in [2.24, 2.45) is 17.3 Å². The van der Waals surface area contributed by atoms with Gasteiger partial charge in [-0.25, -0.2) is 4.79 Å². The van der Waals surface area contributed by atoms with E-state index in [-0.39, 0.29) is 24.2 Å². The Morgan fingerprint density at radius 2 is 2.15 bits per heavy atom. The summed E-state index contributed by atoms with van der Waals surface area (Å²) in [5.74, 6) is -1.21. The molecule has 0 aliphatic heterocycles. The molecule has 0 unspecified atom stereocenters. The Bertz CT molecular complexity index is 706. The van der Waals surface area contributed by atoms with Crippen molar-refractivity contribution in [1.82, 2.24) is 0 Å². The quantitative estimate of drug-likeness (QED) is 0.433. The maximum atomic E-state index is 12.1. The standard InChI is InChI=1S/C21H26O5/c1-4-15(13-22)7-5-6-8-20(25)26-19-10-9-16-11-17(23)18(24)12-21(16,3)14(19)2/h5-12,14-15,19,22,24H,4,13H2,1-3H3/b7-5+,8-6+/t14-,15+,19-,21+/m0/s1. The third-order valence-electron chi connectivity index (χ3n) is 5.24. The van der Waals surface area contributed by atoms with Crippen molar-refractivity contribution in [3.8, 4) is 0 Å². The summed E-state index contributed by atoms with van der Waals surface area (Å²) in [7, 11) is 0. The summed E-state index contributed by atoms with van der Waals surface area (Å²) in [4.78, 5) is 23.7. The number of hydrogen-bond donors (Lipinski definition) is 2. The molecule has 0 aromatic rings. The van der Waals surface area contributed by atoms with Crippen LogP contribution in [-0.2, 0) is 14.3 Å². The SMILES string of the molecule is CC[C@H](/C=C/C=C/C(=O)O[C@H]1C=CC2=CC(=O)C(O)=C[C@]2(C)[C@H]1C)CO. The molecule has 2 N–H and O–H groups in total. The Morgan fingerprint density at radius 3 is 2.81 bits per heavy atom. The monoisotopic (exact) mass is 358 g/mol. The van der Waals surface area contributed by atoms with Crippen LogP contribution in [0.1, 0.15) is 27.2 Å². The van der Waals surface area contributed by atoms with Crippen molar-refractivity contribution in [2.45, 2.75) is 33.3 Å². The highest BCUT2D eigenvalue weighted by Gasteiger charge is 2.43. The number of ketones is 1. The predicted molar refractivity (Wildman–Crippen MR) is 99.2 cm³/mol. The molecule has 26 heavy (non-hydrogen) atoms. The van der Waals surface area contributed by atoms with Gasteiger partial charge < -0.3 is 14.9 Å². The van der Waals surface area contributed by atoms with E-state index in [1.807, 2.05) is 26.8 Å². The largest absolute Gasteiger partial charge is 0.504 e. The molecule has 0 amide bonds. The van der Waals surface area contributed by atoms with Crippen LogP contribution < -0.4 is 0 Å². The van der Waals surface area contributed by atoms with E-state index in [2.05, 4.69) is 0 Å². The zero-order valence-electron chi connectivity index (χ0n) is 15.4. The molecule has 5 heteroatoms. The fourth-order valence-corrected chi connectivity index (χ4v) is 3.13. The lowest BCUT2D eigenvalue weighted by molar-refractivity contribution is -0.144. The number of fused-ring (bicyclic) bond motifs is 1. The lowest BCUT2D eigenvalue weighted by Crippen LogP contribution is -2.40. The average Bonchev–Trinajstić information content (AvgIpc) is 2.61. The molecule has 0 spiro atoms. The molecule has 0 saturated carbocycles. The van der Waals surface area contributed by atoms with E-state index in [0.29, 0.717) is 0 Å². The number of aliphatic hydroxyl groups is 2. The van der Waals surface area contributed by atoms with Crippen LogP contribution in [0, 0.1) is 17.3 Å². The fourth-order valence-electron chi connectivity index (χ4n) is 3.13. The van der Waals surface area contributed by atoms with Crippen LogP contribution in [0.5, 0.6) is 0 Å². The van der Waals surface area contributed by atoms with E-state index < -0.39 is 23.3 Å². The van der Waals surface area contributed by atoms with Gasteiger partial charge in [0.2, 0.25) is 5.78 Å². The van der Waals surface area contributed by atoms with Crippen molar-refractivity contribution in [3.63, 3.8) is 0 Å². The normalized spacial score (nSPS) is 29.5. The summed E-state index contributed by atoms with van der Waals surface area (Å²) in [5.41, 5.74) is 0.227. The molecule has 0 heterocycles. The molecule has 2 aliphatic rings. The summed E-state index contributed by atoms with van der Waals surface area (Å²) < 4.78 is 5.52. The molecule has 4 atom stereocenters. The van der Waals surface area contributed by atoms with E-state index in [1.54, 1.807) is 24.3 Å². The molecule has 2 aliphatic carbocycles. The van der Waals surface area contributed by atoms with Crippen molar-refractivity contribution >= 4 is 11.8 Å². The lowest BCUT2D eigenvalue weighted by Gasteiger charge is -2.42. The molecular formula is C21H26O5. The number of ether oxygens (including phenoxy) is 1. The van der Waals surface area contributed by atoms with Gasteiger partial charge in [0.15, 0.2) is 5.76 Å². The summed E-state index contributed by atoms with van der Waals surface area (Å²) in [6.45, 7) is 5.89. The molecule has 0 aromatic heterocycles. The fraction of sp³-hybridized carbons (Fsp3) is 0.429. The van der Waals surface area contributed by atoms with Crippen LogP contribution in [0.25, 0.3) is 0 Å². The van der Waals surface area contributed by atoms with Crippen LogP contribution in [0.15, 0.2) is 59.9 Å². The van der Waals surface area contributed by atoms with Crippen molar-refractivity contribution < 1.29 is 24.5 Å². The first-order valence-electron chi connectivity index (χ1n) is 8.84. The van der Waals surface area contributed by atoms with Crippen LogP contribution in [0.4, 0.5) is 0 Å². The number of rotatable bonds is 6. The number of carbonyl (C=O) groups excluding carboxylic acids is 2. The molecule has 0 radical (unpaired) electrons. The topological polar surface area (TPSA) is 83.8 Å². The maximum Gasteiger partial charge on any atom is 0.331 e. The van der Waals surface area contributed by atoms with E-state index >= 15 is 0 Å². The molecule has 0 aromatic carbocycles. The van der Waals surface area contributed by atoms with E-state index in [9.17, 15) is 14.7 Å². The van der Waals surface area contributed by atoms with Crippen molar-refractivity contribution in [2.75, 3.05) is 6.61 Å². The number of hydrogen-bond acceptors (Lipinski definition) is 5. The van der Waals surface area contributed by atoms with Gasteiger partial charge >= 0.3 is 5.97 Å². The summed E-state index contributed by atoms with van der Waals surface area (Å²) in [6.07, 6.45) is 13.4. The minimum atomic E-state index is -0.573. The zero-order valence-corrected chi connectivity index (χ0v) is 15.4. The Balaban J connectivity index is 2.05. The van der Waals surface area contributed by atoms with Gasteiger partial charge in [0, 0.05) is 24.0 Å². The Hall–Kier alpha value is -2.40. The summed E-state index contributed by atoms with van der Waals surface area (Å²) >= 11 is 0. The molecule has 5 nitrogen and oxygen atoms in total. The minimum absolute atomic E-state index is 0.0764. The Labute approximate surface area is 154 Å². The number of esters is 1. The Kier molecular flexibility index (Phi) is 6.37. The van der Waals surface area contributed by atoms with Gasteiger partial charge in [-0.1, -0.05) is 45.1 Å². The minimum Gasteiger partial charge on any atom is -0.504 e. The van der Waals surface area contributed by atoms with E-state index in [1.165, 1.54) is 18.2 Å². The molecule has 140 valence electrons. The van der Waals surface area contributed by atoms with Crippen LogP contribution >= 0.6 is 0 Å². The molecule has 0 fully saturated rings. The summed E-state index contributed by atoms with van der Waals surface area (Å²) in [6, 6.07) is 0. The zero-order chi connectivity index (χ0) is 19.3. The number of allylic oxidation sites excluding steroid dienone is 6. The molecular weight excluding hydrogens is 332 g/mol. The second-order valence-electron chi connectivity index (χ2n) is 6.92. The number of carbonyl (C=O) groups is 2. The molecule has 0 bridgehead atoms. The van der Waals surface area contributed by atoms with E-state index in [0.717, 1.165) is 12.0 Å². The van der Waals surface area contributed by atoms with Gasteiger partial charge in [0.25, 0.3) is 0 Å². The highest BCUT2D eigenvalue weighted by atomic mass is 16.5. The predicted octanol–water partition coefficient (Wildman–Crippen LogP) is 3.19. The lowest BCUT2D eigenvalue weighted by atomic mass is 9.64. The van der Waals surface area contributed by atoms with Gasteiger partial charge in [-0.05, 0) is 36.1 Å². The smallest absolute Gasteiger partial charge is 0.331 e. The second kappa shape index (κ2) is 8.32. The third kappa shape index (κ3) is 4.22. The maximum absolute atomic E-state index is 12.1. The second-order valence-corrected chi connectivity index (χ2v) is 6.92. The first-order chi connectivity index (χ1) is 12.3. The third-order valence-corrected chi connectivity index (χ3v) is 5.24. The Morgan fingerprint density at radius 1 is 1.42 bits per heavy atom. The van der Waals surface area contributed by atoms with Crippen LogP contribution in [0.3, 0.4) is 0 Å². The average molecular weight is 358 g/mol. The molecule has 0 saturated heterocycles. The summed E-state index contributed by atoms with van der Waals surface area (Å²) in [5, 5.41) is 18.9. The van der Waals surface area contributed by atoms with Gasteiger partial charge in [-0.15, -0.1) is 0 Å². The molecule has 2 rings (SSSR count).